The summed E-state index contributed by atoms with van der Waals surface area (Å²) < 4.78 is 11.6. The second-order valence-electron chi connectivity index (χ2n) is 20.5. The molecule has 388 valence electrons. The standard InChI is InChI=1S/C73H45N9O/c1-6-21-46(22-7-1)67-75-68(47-23-8-2-9-24-47)78-71(77-67)52-31-18-33-54(43-52)81-62-38-17-16-35-57(62)58-37-20-36-56(64(58)81)51-39-42-63-60(45-51)59-40-41-61-66(83-73(74-61)50-29-14-5-15-30-50)65(59)82(63)55-34-19-32-53(44-55)72-79-69(48-25-10-3-11-26-48)76-70(80-72)49-27-12-4-13-28-49/h1-45H. The number of benzene rings is 11. The number of fused-ring (bicyclic) bond motifs is 8. The molecular weight excluding hydrogens is 1020 g/mol. The second-order valence-corrected chi connectivity index (χ2v) is 20.5. The van der Waals surface area contributed by atoms with Gasteiger partial charge in [-0.1, -0.05) is 206 Å². The van der Waals surface area contributed by atoms with E-state index in [0.29, 0.717) is 46.4 Å². The highest BCUT2D eigenvalue weighted by atomic mass is 16.3. The Kier molecular flexibility index (Phi) is 11.3. The van der Waals surface area contributed by atoms with Crippen LogP contribution < -0.4 is 0 Å². The normalized spacial score (nSPS) is 11.6. The zero-order chi connectivity index (χ0) is 54.8. The first-order valence-corrected chi connectivity index (χ1v) is 27.5. The van der Waals surface area contributed by atoms with Crippen LogP contribution in [0.15, 0.2) is 277 Å². The summed E-state index contributed by atoms with van der Waals surface area (Å²) in [7, 11) is 0. The van der Waals surface area contributed by atoms with E-state index in [9.17, 15) is 0 Å². The third-order valence-corrected chi connectivity index (χ3v) is 15.4. The fourth-order valence-electron chi connectivity index (χ4n) is 11.6. The summed E-state index contributed by atoms with van der Waals surface area (Å²) in [5.41, 5.74) is 15.8. The Bertz CT molecular complexity index is 5020. The lowest BCUT2D eigenvalue weighted by Crippen LogP contribution is -2.01. The molecule has 0 aliphatic heterocycles. The first kappa shape index (κ1) is 47.5. The molecule has 0 spiro atoms. The van der Waals surface area contributed by atoms with Crippen LogP contribution in [0.3, 0.4) is 0 Å². The minimum atomic E-state index is 0.554. The minimum absolute atomic E-state index is 0.554. The van der Waals surface area contributed by atoms with Gasteiger partial charge in [0.15, 0.2) is 40.5 Å². The summed E-state index contributed by atoms with van der Waals surface area (Å²) >= 11 is 0. The predicted molar refractivity (Wildman–Crippen MR) is 333 cm³/mol. The number of hydrogen-bond donors (Lipinski definition) is 0. The van der Waals surface area contributed by atoms with Gasteiger partial charge in [-0.2, -0.15) is 0 Å². The van der Waals surface area contributed by atoms with E-state index in [1.807, 2.05) is 152 Å². The van der Waals surface area contributed by atoms with Crippen molar-refractivity contribution in [2.24, 2.45) is 0 Å². The van der Waals surface area contributed by atoms with Gasteiger partial charge >= 0.3 is 0 Å². The SMILES string of the molecule is c1ccc(-c2nc(-c3ccccc3)nc(-c3cccc(-n4c5ccccc5c5cccc(-c6ccc7c(c6)c6ccc8nc(-c9ccccc9)oc8c6n7-c6cccc(-c7nc(-c8ccccc8)nc(-c8ccccc8)n7)c6)c54)c3)n2)cc1. The molecule has 16 aromatic rings. The first-order chi connectivity index (χ1) is 41.1. The fourth-order valence-corrected chi connectivity index (χ4v) is 11.6. The largest absolute Gasteiger partial charge is 0.434 e. The molecule has 0 unspecified atom stereocenters. The lowest BCUT2D eigenvalue weighted by molar-refractivity contribution is 0.622. The molecular formula is C73H45N9O. The molecule has 0 fully saturated rings. The maximum absolute atomic E-state index is 6.89. The van der Waals surface area contributed by atoms with Crippen molar-refractivity contribution in [3.05, 3.63) is 273 Å². The van der Waals surface area contributed by atoms with Crippen molar-refractivity contribution in [2.75, 3.05) is 0 Å². The first-order valence-electron chi connectivity index (χ1n) is 27.5. The molecule has 0 bridgehead atoms. The van der Waals surface area contributed by atoms with Crippen molar-refractivity contribution in [1.82, 2.24) is 44.0 Å². The maximum atomic E-state index is 6.89. The van der Waals surface area contributed by atoms with Gasteiger partial charge in [-0.25, -0.2) is 34.9 Å². The Morgan fingerprint density at radius 1 is 0.253 bits per heavy atom. The molecule has 0 amide bonds. The summed E-state index contributed by atoms with van der Waals surface area (Å²) in [6.07, 6.45) is 0. The Hall–Kier alpha value is -11.5. The van der Waals surface area contributed by atoms with E-state index in [0.717, 1.165) is 111 Å². The molecule has 0 aliphatic rings. The van der Waals surface area contributed by atoms with Crippen LogP contribution in [0.4, 0.5) is 0 Å². The number of nitrogens with zero attached hydrogens (tertiary/aromatic N) is 9. The highest BCUT2D eigenvalue weighted by molar-refractivity contribution is 6.19. The Balaban J connectivity index is 0.888. The number of oxazole rings is 1. The van der Waals surface area contributed by atoms with E-state index >= 15 is 0 Å². The Morgan fingerprint density at radius 3 is 1.19 bits per heavy atom. The fraction of sp³-hybridized carbons (Fsp3) is 0. The average molecular weight is 1060 g/mol. The van der Waals surface area contributed by atoms with Crippen molar-refractivity contribution in [3.63, 3.8) is 0 Å². The molecule has 83 heavy (non-hydrogen) atoms. The van der Waals surface area contributed by atoms with Gasteiger partial charge in [0.05, 0.1) is 22.1 Å². The smallest absolute Gasteiger partial charge is 0.227 e. The van der Waals surface area contributed by atoms with E-state index in [4.69, 9.17) is 39.3 Å². The van der Waals surface area contributed by atoms with Crippen LogP contribution in [0.5, 0.6) is 0 Å². The summed E-state index contributed by atoms with van der Waals surface area (Å²) in [5.74, 6) is 4.13. The molecule has 0 atom stereocenters. The summed E-state index contributed by atoms with van der Waals surface area (Å²) in [6, 6.07) is 93.7. The van der Waals surface area contributed by atoms with Crippen molar-refractivity contribution in [2.45, 2.75) is 0 Å². The molecule has 10 nitrogen and oxygen atoms in total. The highest BCUT2D eigenvalue weighted by Gasteiger charge is 2.24. The third-order valence-electron chi connectivity index (χ3n) is 15.4. The number of aromatic nitrogens is 9. The van der Waals surface area contributed by atoms with Gasteiger partial charge in [-0.3, -0.25) is 0 Å². The van der Waals surface area contributed by atoms with Crippen LogP contribution in [-0.4, -0.2) is 44.0 Å². The van der Waals surface area contributed by atoms with Crippen molar-refractivity contribution >= 4 is 54.7 Å². The summed E-state index contributed by atoms with van der Waals surface area (Å²) in [4.78, 5) is 35.5. The van der Waals surface area contributed by atoms with Gasteiger partial charge in [0.25, 0.3) is 0 Å². The van der Waals surface area contributed by atoms with Crippen LogP contribution >= 0.6 is 0 Å². The van der Waals surface area contributed by atoms with Crippen LogP contribution in [0, 0.1) is 0 Å². The number of para-hydroxylation sites is 2. The predicted octanol–water partition coefficient (Wildman–Crippen LogP) is 17.7. The molecule has 0 aliphatic carbocycles. The molecule has 5 aromatic heterocycles. The summed E-state index contributed by atoms with van der Waals surface area (Å²) in [6.45, 7) is 0. The van der Waals surface area contributed by atoms with E-state index in [1.54, 1.807) is 0 Å². The van der Waals surface area contributed by atoms with Gasteiger partial charge in [-0.15, -0.1) is 0 Å². The van der Waals surface area contributed by atoms with Gasteiger partial charge in [0.1, 0.15) is 5.52 Å². The number of rotatable bonds is 10. The quantitative estimate of drug-likeness (QED) is 0.133. The van der Waals surface area contributed by atoms with Crippen LogP contribution in [0.2, 0.25) is 0 Å². The highest BCUT2D eigenvalue weighted by Crippen LogP contribution is 2.44. The van der Waals surface area contributed by atoms with Crippen molar-refractivity contribution in [1.29, 1.82) is 0 Å². The zero-order valence-electron chi connectivity index (χ0n) is 44.4. The van der Waals surface area contributed by atoms with E-state index in [-0.39, 0.29) is 0 Å². The molecule has 11 aromatic carbocycles. The van der Waals surface area contributed by atoms with Crippen molar-refractivity contribution < 1.29 is 4.42 Å². The molecule has 10 heteroatoms. The Labute approximate surface area is 476 Å². The topological polar surface area (TPSA) is 113 Å². The molecule has 0 saturated heterocycles. The zero-order valence-corrected chi connectivity index (χ0v) is 44.4. The van der Waals surface area contributed by atoms with Crippen LogP contribution in [0.25, 0.3) is 157 Å². The van der Waals surface area contributed by atoms with Crippen LogP contribution in [-0.2, 0) is 0 Å². The number of hydrogen-bond acceptors (Lipinski definition) is 8. The lowest BCUT2D eigenvalue weighted by Gasteiger charge is -2.14. The minimum Gasteiger partial charge on any atom is -0.434 e. The second kappa shape index (κ2) is 19.7. The molecule has 16 rings (SSSR count). The van der Waals surface area contributed by atoms with E-state index < -0.39 is 0 Å². The third kappa shape index (κ3) is 8.31. The monoisotopic (exact) mass is 1060 g/mol. The van der Waals surface area contributed by atoms with E-state index in [1.165, 1.54) is 0 Å². The Morgan fingerprint density at radius 2 is 0.663 bits per heavy atom. The summed E-state index contributed by atoms with van der Waals surface area (Å²) in [5, 5.41) is 4.37. The van der Waals surface area contributed by atoms with E-state index in [2.05, 4.69) is 130 Å². The molecule has 0 radical (unpaired) electrons. The molecule has 0 saturated carbocycles. The maximum Gasteiger partial charge on any atom is 0.227 e. The van der Waals surface area contributed by atoms with Gasteiger partial charge in [-0.05, 0) is 72.3 Å². The average Bonchev–Trinajstić information content (AvgIpc) is 2.05. The molecule has 5 heterocycles. The van der Waals surface area contributed by atoms with Crippen molar-refractivity contribution in [3.8, 4) is 102 Å². The lowest BCUT2D eigenvalue weighted by atomic mass is 9.99. The van der Waals surface area contributed by atoms with Gasteiger partial charge < -0.3 is 13.6 Å². The molecule has 0 N–H and O–H groups in total. The van der Waals surface area contributed by atoms with Gasteiger partial charge in [0.2, 0.25) is 5.89 Å². The van der Waals surface area contributed by atoms with Crippen LogP contribution in [0.1, 0.15) is 0 Å². The van der Waals surface area contributed by atoms with Gasteiger partial charge in [0, 0.05) is 77.4 Å².